The summed E-state index contributed by atoms with van der Waals surface area (Å²) >= 11 is 6.67. The van der Waals surface area contributed by atoms with Gasteiger partial charge in [0.05, 0.1) is 4.92 Å². The van der Waals surface area contributed by atoms with Crippen LogP contribution in [0.2, 0.25) is 0 Å². The Bertz CT molecular complexity index is 1360. The molecule has 0 aliphatic carbocycles. The maximum Gasteiger partial charge on any atom is 0.282 e. The van der Waals surface area contributed by atoms with Gasteiger partial charge in [-0.3, -0.25) is 20.2 Å². The first-order valence-corrected chi connectivity index (χ1v) is 10.8. The SMILES string of the molecule is CCc1nnc2sc(-c3ccc(NC(=S)NC(=O)c4ccccc4[N+](=O)[O-])c(C)c3)nn12. The number of aromatic nitrogens is 4. The van der Waals surface area contributed by atoms with Gasteiger partial charge in [-0.2, -0.15) is 9.61 Å². The molecule has 32 heavy (non-hydrogen) atoms. The summed E-state index contributed by atoms with van der Waals surface area (Å²) in [4.78, 5) is 23.7. The minimum atomic E-state index is -0.657. The van der Waals surface area contributed by atoms with E-state index in [4.69, 9.17) is 12.2 Å². The van der Waals surface area contributed by atoms with E-state index in [1.807, 2.05) is 32.0 Å². The Morgan fingerprint density at radius 3 is 2.75 bits per heavy atom. The molecule has 0 bridgehead atoms. The van der Waals surface area contributed by atoms with Crippen molar-refractivity contribution in [2.75, 3.05) is 5.32 Å². The van der Waals surface area contributed by atoms with E-state index in [2.05, 4.69) is 25.9 Å². The molecular weight excluding hydrogens is 450 g/mol. The lowest BCUT2D eigenvalue weighted by atomic mass is 10.1. The van der Waals surface area contributed by atoms with Crippen LogP contribution in [-0.2, 0) is 6.42 Å². The summed E-state index contributed by atoms with van der Waals surface area (Å²) in [5.41, 5.74) is 2.14. The highest BCUT2D eigenvalue weighted by Gasteiger charge is 2.20. The molecule has 0 fully saturated rings. The highest BCUT2D eigenvalue weighted by molar-refractivity contribution is 7.80. The standard InChI is InChI=1S/C20H17N7O3S2/c1-3-16-23-24-20-26(16)25-18(32-20)12-8-9-14(11(2)10-12)21-19(31)22-17(28)13-6-4-5-7-15(13)27(29)30/h4-10H,3H2,1-2H3,(H2,21,22,28,31). The molecule has 0 aliphatic heterocycles. The van der Waals surface area contributed by atoms with Gasteiger partial charge in [-0.1, -0.05) is 30.4 Å². The van der Waals surface area contributed by atoms with Crippen molar-refractivity contribution >= 4 is 50.9 Å². The first-order chi connectivity index (χ1) is 15.4. The van der Waals surface area contributed by atoms with Crippen molar-refractivity contribution in [1.82, 2.24) is 25.1 Å². The lowest BCUT2D eigenvalue weighted by molar-refractivity contribution is -0.385. The van der Waals surface area contributed by atoms with Gasteiger partial charge >= 0.3 is 0 Å². The van der Waals surface area contributed by atoms with Gasteiger partial charge in [0.25, 0.3) is 11.6 Å². The number of thiocarbonyl (C=S) groups is 1. The monoisotopic (exact) mass is 467 g/mol. The number of anilines is 1. The van der Waals surface area contributed by atoms with Crippen LogP contribution in [-0.4, -0.2) is 35.8 Å². The van der Waals surface area contributed by atoms with Gasteiger partial charge in [-0.25, -0.2) is 0 Å². The van der Waals surface area contributed by atoms with Crippen LogP contribution in [0.4, 0.5) is 11.4 Å². The van der Waals surface area contributed by atoms with E-state index in [0.29, 0.717) is 5.69 Å². The van der Waals surface area contributed by atoms with Crippen molar-refractivity contribution < 1.29 is 9.72 Å². The molecule has 2 N–H and O–H groups in total. The van der Waals surface area contributed by atoms with Crippen molar-refractivity contribution in [1.29, 1.82) is 0 Å². The van der Waals surface area contributed by atoms with Crippen LogP contribution in [0.5, 0.6) is 0 Å². The topological polar surface area (TPSA) is 127 Å². The second kappa shape index (κ2) is 8.77. The lowest BCUT2D eigenvalue weighted by Gasteiger charge is -2.12. The Morgan fingerprint density at radius 1 is 1.25 bits per heavy atom. The van der Waals surface area contributed by atoms with Crippen molar-refractivity contribution in [2.24, 2.45) is 0 Å². The number of hydrogen-bond acceptors (Lipinski definition) is 8. The number of aryl methyl sites for hydroxylation is 2. The second-order valence-corrected chi connectivity index (χ2v) is 8.15. The van der Waals surface area contributed by atoms with Crippen LogP contribution in [0.1, 0.15) is 28.7 Å². The van der Waals surface area contributed by atoms with Gasteiger partial charge in [0.15, 0.2) is 10.9 Å². The maximum absolute atomic E-state index is 12.4. The quantitative estimate of drug-likeness (QED) is 0.258. The van der Waals surface area contributed by atoms with Crippen molar-refractivity contribution in [3.8, 4) is 10.6 Å². The molecule has 0 unspecified atom stereocenters. The van der Waals surface area contributed by atoms with E-state index >= 15 is 0 Å². The molecule has 4 aromatic rings. The van der Waals surface area contributed by atoms with E-state index < -0.39 is 10.8 Å². The van der Waals surface area contributed by atoms with E-state index in [1.165, 1.54) is 29.5 Å². The van der Waals surface area contributed by atoms with Crippen LogP contribution in [0, 0.1) is 17.0 Å². The Labute approximate surface area is 191 Å². The fourth-order valence-electron chi connectivity index (χ4n) is 3.08. The molecule has 2 aromatic heterocycles. The van der Waals surface area contributed by atoms with Gasteiger partial charge in [0, 0.05) is 23.7 Å². The smallest absolute Gasteiger partial charge is 0.282 e. The highest BCUT2D eigenvalue weighted by atomic mass is 32.1. The van der Waals surface area contributed by atoms with Crippen LogP contribution in [0.25, 0.3) is 15.5 Å². The zero-order valence-corrected chi connectivity index (χ0v) is 18.7. The van der Waals surface area contributed by atoms with Crippen LogP contribution in [0.3, 0.4) is 0 Å². The van der Waals surface area contributed by atoms with Crippen LogP contribution in [0.15, 0.2) is 42.5 Å². The molecule has 162 valence electrons. The Morgan fingerprint density at radius 2 is 2.03 bits per heavy atom. The average molecular weight is 468 g/mol. The van der Waals surface area contributed by atoms with E-state index in [-0.39, 0.29) is 16.4 Å². The summed E-state index contributed by atoms with van der Waals surface area (Å²) in [7, 11) is 0. The molecule has 0 saturated carbocycles. The number of nitro groups is 1. The van der Waals surface area contributed by atoms with Gasteiger partial charge in [0.1, 0.15) is 10.6 Å². The Kier molecular flexibility index (Phi) is 5.88. The van der Waals surface area contributed by atoms with Gasteiger partial charge in [-0.15, -0.1) is 10.2 Å². The largest absolute Gasteiger partial charge is 0.332 e. The van der Waals surface area contributed by atoms with Gasteiger partial charge in [-0.05, 0) is 49.0 Å². The third-order valence-electron chi connectivity index (χ3n) is 4.67. The van der Waals surface area contributed by atoms with Gasteiger partial charge < -0.3 is 5.32 Å². The molecule has 4 rings (SSSR count). The molecule has 0 saturated heterocycles. The van der Waals surface area contributed by atoms with E-state index in [0.717, 1.165) is 33.3 Å². The number of nitro benzene ring substituents is 1. The number of carbonyl (C=O) groups excluding carboxylic acids is 1. The van der Waals surface area contributed by atoms with E-state index in [1.54, 1.807) is 10.6 Å². The molecular formula is C20H17N7O3S2. The first-order valence-electron chi connectivity index (χ1n) is 9.55. The third-order valence-corrected chi connectivity index (χ3v) is 5.82. The fraction of sp³-hybridized carbons (Fsp3) is 0.150. The molecule has 1 amide bonds. The summed E-state index contributed by atoms with van der Waals surface area (Å²) in [5.74, 6) is 0.146. The molecule has 0 spiro atoms. The number of fused-ring (bicyclic) bond motifs is 1. The van der Waals surface area contributed by atoms with E-state index in [9.17, 15) is 14.9 Å². The lowest BCUT2D eigenvalue weighted by Crippen LogP contribution is -2.34. The number of nitrogens with zero attached hydrogens (tertiary/aromatic N) is 5. The number of rotatable bonds is 5. The number of carbonyl (C=O) groups is 1. The number of hydrogen-bond donors (Lipinski definition) is 2. The van der Waals surface area contributed by atoms with Crippen molar-refractivity contribution in [3.63, 3.8) is 0 Å². The molecule has 0 aliphatic rings. The Balaban J connectivity index is 1.49. The summed E-state index contributed by atoms with van der Waals surface area (Å²) < 4.78 is 1.74. The number of para-hydroxylation sites is 1. The normalized spacial score (nSPS) is 10.8. The average Bonchev–Trinajstić information content (AvgIpc) is 3.35. The molecule has 12 heteroatoms. The molecule has 2 aromatic carbocycles. The first kappa shape index (κ1) is 21.5. The molecule has 0 radical (unpaired) electrons. The zero-order chi connectivity index (χ0) is 22.8. The Hall–Kier alpha value is -3.77. The number of amides is 1. The van der Waals surface area contributed by atoms with Crippen molar-refractivity contribution in [3.05, 3.63) is 69.5 Å². The minimum absolute atomic E-state index is 0.0374. The number of nitrogens with one attached hydrogen (secondary N) is 2. The summed E-state index contributed by atoms with van der Waals surface area (Å²) in [5, 5.41) is 30.3. The summed E-state index contributed by atoms with van der Waals surface area (Å²) in [6.45, 7) is 3.90. The molecule has 0 atom stereocenters. The minimum Gasteiger partial charge on any atom is -0.332 e. The molecule has 10 nitrogen and oxygen atoms in total. The second-order valence-electron chi connectivity index (χ2n) is 6.78. The number of benzene rings is 2. The van der Waals surface area contributed by atoms with Gasteiger partial charge in [0.2, 0.25) is 4.96 Å². The van der Waals surface area contributed by atoms with Crippen LogP contribution < -0.4 is 10.6 Å². The fourth-order valence-corrected chi connectivity index (χ4v) is 4.14. The van der Waals surface area contributed by atoms with Crippen LogP contribution >= 0.6 is 23.6 Å². The predicted molar refractivity (Wildman–Crippen MR) is 125 cm³/mol. The maximum atomic E-state index is 12.4. The van der Waals surface area contributed by atoms with Crippen molar-refractivity contribution in [2.45, 2.75) is 20.3 Å². The third kappa shape index (κ3) is 4.18. The highest BCUT2D eigenvalue weighted by Crippen LogP contribution is 2.29. The summed E-state index contributed by atoms with van der Waals surface area (Å²) in [6.07, 6.45) is 0.738. The zero-order valence-electron chi connectivity index (χ0n) is 17.0. The summed E-state index contributed by atoms with van der Waals surface area (Å²) in [6, 6.07) is 11.4. The molecule has 2 heterocycles. The predicted octanol–water partition coefficient (Wildman–Crippen LogP) is 3.76.